The van der Waals surface area contributed by atoms with Gasteiger partial charge in [0, 0.05) is 9.90 Å². The number of rotatable bonds is 5. The Hall–Kier alpha value is -0.900. The highest BCUT2D eigenvalue weighted by Gasteiger charge is 2.18. The maximum absolute atomic E-state index is 5.96. The molecule has 0 aliphatic carbocycles. The summed E-state index contributed by atoms with van der Waals surface area (Å²) in [6.45, 7) is 7.32. The van der Waals surface area contributed by atoms with Gasteiger partial charge >= 0.3 is 0 Å². The molecule has 0 fully saturated rings. The normalized spacial score (nSPS) is 12.6. The average Bonchev–Trinajstić information content (AvgIpc) is 2.78. The minimum Gasteiger partial charge on any atom is -0.305 e. The van der Waals surface area contributed by atoms with E-state index in [0.717, 1.165) is 23.0 Å². The summed E-state index contributed by atoms with van der Waals surface area (Å²) >= 11 is 7.74. The fraction of sp³-hybridized carbons (Fsp3) is 0.400. The van der Waals surface area contributed by atoms with Gasteiger partial charge in [0.15, 0.2) is 0 Å². The first-order chi connectivity index (χ1) is 9.15. The number of benzene rings is 1. The number of halogens is 1. The third kappa shape index (κ3) is 3.35. The smallest absolute Gasteiger partial charge is 0.115 e. The Bertz CT molecular complexity index is 534. The highest BCUT2D eigenvalue weighted by molar-refractivity contribution is 7.11. The van der Waals surface area contributed by atoms with E-state index in [1.54, 1.807) is 11.3 Å². The predicted octanol–water partition coefficient (Wildman–Crippen LogP) is 4.37. The van der Waals surface area contributed by atoms with Crippen molar-refractivity contribution in [1.82, 2.24) is 10.3 Å². The largest absolute Gasteiger partial charge is 0.305 e. The molecule has 0 aliphatic rings. The quantitative estimate of drug-likeness (QED) is 0.886. The van der Waals surface area contributed by atoms with Gasteiger partial charge in [-0.25, -0.2) is 4.98 Å². The monoisotopic (exact) mass is 294 g/mol. The van der Waals surface area contributed by atoms with Gasteiger partial charge in [0.05, 0.1) is 11.7 Å². The van der Waals surface area contributed by atoms with Crippen LogP contribution in [0.25, 0.3) is 0 Å². The molecule has 0 amide bonds. The van der Waals surface area contributed by atoms with E-state index in [-0.39, 0.29) is 6.04 Å². The van der Waals surface area contributed by atoms with Crippen LogP contribution in [0.2, 0.25) is 5.02 Å². The van der Waals surface area contributed by atoms with Crippen LogP contribution in [0, 0.1) is 6.92 Å². The Balaban J connectivity index is 2.35. The minimum absolute atomic E-state index is 0.159. The Morgan fingerprint density at radius 3 is 2.47 bits per heavy atom. The highest BCUT2D eigenvalue weighted by Crippen LogP contribution is 2.29. The van der Waals surface area contributed by atoms with Crippen LogP contribution in [0.5, 0.6) is 0 Å². The van der Waals surface area contributed by atoms with Crippen LogP contribution >= 0.6 is 22.9 Å². The van der Waals surface area contributed by atoms with Crippen LogP contribution in [0.4, 0.5) is 0 Å². The number of nitrogens with zero attached hydrogens (tertiary/aromatic N) is 1. The zero-order valence-corrected chi connectivity index (χ0v) is 13.1. The van der Waals surface area contributed by atoms with Crippen LogP contribution < -0.4 is 5.32 Å². The van der Waals surface area contributed by atoms with Crippen LogP contribution in [-0.2, 0) is 6.42 Å². The fourth-order valence-electron chi connectivity index (χ4n) is 2.11. The lowest BCUT2D eigenvalue weighted by molar-refractivity contribution is 0.625. The van der Waals surface area contributed by atoms with Gasteiger partial charge in [0.25, 0.3) is 0 Å². The summed E-state index contributed by atoms with van der Waals surface area (Å²) in [7, 11) is 0. The van der Waals surface area contributed by atoms with Crippen molar-refractivity contribution in [1.29, 1.82) is 0 Å². The molecule has 1 atom stereocenters. The number of hydrogen-bond acceptors (Lipinski definition) is 3. The van der Waals surface area contributed by atoms with Crippen molar-refractivity contribution in [3.05, 3.63) is 50.4 Å². The van der Waals surface area contributed by atoms with E-state index in [9.17, 15) is 0 Å². The molecular weight excluding hydrogens is 276 g/mol. The van der Waals surface area contributed by atoms with Crippen LogP contribution in [-0.4, -0.2) is 11.5 Å². The molecule has 1 aromatic carbocycles. The summed E-state index contributed by atoms with van der Waals surface area (Å²) in [5, 5.41) is 5.41. The average molecular weight is 295 g/mol. The van der Waals surface area contributed by atoms with Crippen LogP contribution in [0.1, 0.15) is 41.0 Å². The number of nitrogens with one attached hydrogen (secondary N) is 1. The van der Waals surface area contributed by atoms with Gasteiger partial charge in [0.1, 0.15) is 5.01 Å². The predicted molar refractivity (Wildman–Crippen MR) is 83.2 cm³/mol. The first-order valence-electron chi connectivity index (χ1n) is 6.60. The molecule has 0 bridgehead atoms. The van der Waals surface area contributed by atoms with Crippen molar-refractivity contribution >= 4 is 22.9 Å². The summed E-state index contributed by atoms with van der Waals surface area (Å²) in [5.74, 6) is 0. The molecule has 2 aromatic rings. The molecule has 1 aromatic heterocycles. The summed E-state index contributed by atoms with van der Waals surface area (Å²) in [5.41, 5.74) is 2.42. The Kier molecular flexibility index (Phi) is 4.97. The number of thiazole rings is 1. The van der Waals surface area contributed by atoms with Crippen molar-refractivity contribution in [2.45, 2.75) is 33.2 Å². The summed E-state index contributed by atoms with van der Waals surface area (Å²) < 4.78 is 0. The molecule has 4 heteroatoms. The van der Waals surface area contributed by atoms with Crippen LogP contribution in [0.3, 0.4) is 0 Å². The van der Waals surface area contributed by atoms with Crippen molar-refractivity contribution in [3.8, 4) is 0 Å². The second-order valence-corrected chi connectivity index (χ2v) is 6.12. The standard InChI is InChI=1S/C15H19ClN2S/c1-4-13-10(3)19-15(18-13)14(17-5-2)11-6-8-12(16)9-7-11/h6-9,14,17H,4-5H2,1-3H3. The van der Waals surface area contributed by atoms with Crippen molar-refractivity contribution in [2.24, 2.45) is 0 Å². The van der Waals surface area contributed by atoms with Crippen LogP contribution in [0.15, 0.2) is 24.3 Å². The summed E-state index contributed by atoms with van der Waals surface area (Å²) in [4.78, 5) is 6.08. The van der Waals surface area contributed by atoms with E-state index in [0.29, 0.717) is 0 Å². The lowest BCUT2D eigenvalue weighted by Gasteiger charge is -2.15. The van der Waals surface area contributed by atoms with E-state index in [1.165, 1.54) is 16.1 Å². The van der Waals surface area contributed by atoms with Crippen molar-refractivity contribution in [2.75, 3.05) is 6.54 Å². The molecule has 0 radical (unpaired) electrons. The highest BCUT2D eigenvalue weighted by atomic mass is 35.5. The Morgan fingerprint density at radius 1 is 1.26 bits per heavy atom. The number of aromatic nitrogens is 1. The zero-order valence-electron chi connectivity index (χ0n) is 11.5. The molecular formula is C15H19ClN2S. The number of aryl methyl sites for hydroxylation is 2. The lowest BCUT2D eigenvalue weighted by atomic mass is 10.1. The molecule has 0 saturated heterocycles. The maximum Gasteiger partial charge on any atom is 0.115 e. The molecule has 0 aliphatic heterocycles. The van der Waals surface area contributed by atoms with Gasteiger partial charge in [0.2, 0.25) is 0 Å². The van der Waals surface area contributed by atoms with Gasteiger partial charge in [-0.1, -0.05) is 37.6 Å². The summed E-state index contributed by atoms with van der Waals surface area (Å²) in [6, 6.07) is 8.16. The number of hydrogen-bond donors (Lipinski definition) is 1. The first kappa shape index (κ1) is 14.5. The minimum atomic E-state index is 0.159. The van der Waals surface area contributed by atoms with E-state index < -0.39 is 0 Å². The SMILES string of the molecule is CCNC(c1ccc(Cl)cc1)c1nc(CC)c(C)s1. The zero-order chi connectivity index (χ0) is 13.8. The molecule has 19 heavy (non-hydrogen) atoms. The van der Waals surface area contributed by atoms with E-state index in [1.807, 2.05) is 12.1 Å². The van der Waals surface area contributed by atoms with Gasteiger partial charge in [-0.05, 0) is 37.6 Å². The van der Waals surface area contributed by atoms with E-state index >= 15 is 0 Å². The molecule has 1 N–H and O–H groups in total. The topological polar surface area (TPSA) is 24.9 Å². The van der Waals surface area contributed by atoms with Crippen molar-refractivity contribution in [3.63, 3.8) is 0 Å². The molecule has 2 nitrogen and oxygen atoms in total. The maximum atomic E-state index is 5.96. The van der Waals surface area contributed by atoms with Crippen molar-refractivity contribution < 1.29 is 0 Å². The third-order valence-corrected chi connectivity index (χ3v) is 4.43. The fourth-order valence-corrected chi connectivity index (χ4v) is 3.35. The molecule has 1 unspecified atom stereocenters. The van der Waals surface area contributed by atoms with Gasteiger partial charge < -0.3 is 5.32 Å². The molecule has 0 saturated carbocycles. The third-order valence-electron chi connectivity index (χ3n) is 3.10. The second kappa shape index (κ2) is 6.51. The van der Waals surface area contributed by atoms with Gasteiger partial charge in [-0.2, -0.15) is 0 Å². The lowest BCUT2D eigenvalue weighted by Crippen LogP contribution is -2.21. The Labute approximate surface area is 123 Å². The molecule has 1 heterocycles. The molecule has 102 valence electrons. The summed E-state index contributed by atoms with van der Waals surface area (Å²) in [6.07, 6.45) is 0.988. The van der Waals surface area contributed by atoms with Gasteiger partial charge in [-0.15, -0.1) is 11.3 Å². The second-order valence-electron chi connectivity index (χ2n) is 4.45. The molecule has 0 spiro atoms. The van der Waals surface area contributed by atoms with E-state index in [2.05, 4.69) is 38.2 Å². The van der Waals surface area contributed by atoms with Gasteiger partial charge in [-0.3, -0.25) is 0 Å². The Morgan fingerprint density at radius 2 is 1.95 bits per heavy atom. The molecule has 2 rings (SSSR count). The van der Waals surface area contributed by atoms with E-state index in [4.69, 9.17) is 16.6 Å². The first-order valence-corrected chi connectivity index (χ1v) is 7.80.